The van der Waals surface area contributed by atoms with E-state index in [-0.39, 0.29) is 24.2 Å². The molecule has 3 N–H and O–H groups in total. The summed E-state index contributed by atoms with van der Waals surface area (Å²) in [7, 11) is 0. The van der Waals surface area contributed by atoms with Gasteiger partial charge in [-0.05, 0) is 30.5 Å². The number of nitrogens with two attached hydrogens (primary N) is 1. The SMILES string of the molecule is Cc1nccn1-c1ccc(CNC(=O)[C@@H](N)C(C)C)cc1F. The van der Waals surface area contributed by atoms with Crippen LogP contribution in [-0.2, 0) is 11.3 Å². The number of halogens is 1. The smallest absolute Gasteiger partial charge is 0.237 e. The number of aromatic nitrogens is 2. The Labute approximate surface area is 129 Å². The van der Waals surface area contributed by atoms with Crippen molar-refractivity contribution in [3.63, 3.8) is 0 Å². The highest BCUT2D eigenvalue weighted by molar-refractivity contribution is 5.81. The van der Waals surface area contributed by atoms with Crippen molar-refractivity contribution in [2.24, 2.45) is 11.7 Å². The second-order valence-electron chi connectivity index (χ2n) is 5.62. The summed E-state index contributed by atoms with van der Waals surface area (Å²) in [6.07, 6.45) is 3.33. The van der Waals surface area contributed by atoms with Crippen LogP contribution >= 0.6 is 0 Å². The minimum Gasteiger partial charge on any atom is -0.351 e. The largest absolute Gasteiger partial charge is 0.351 e. The molecule has 2 rings (SSSR count). The molecular formula is C16H21FN4O. The van der Waals surface area contributed by atoms with Crippen molar-refractivity contribution in [1.29, 1.82) is 0 Å². The van der Waals surface area contributed by atoms with Gasteiger partial charge in [0, 0.05) is 18.9 Å². The van der Waals surface area contributed by atoms with Gasteiger partial charge in [0.2, 0.25) is 5.91 Å². The number of carbonyl (C=O) groups excluding carboxylic acids is 1. The molecule has 0 saturated carbocycles. The van der Waals surface area contributed by atoms with Gasteiger partial charge in [0.15, 0.2) is 0 Å². The average Bonchev–Trinajstić information content (AvgIpc) is 2.90. The third kappa shape index (κ3) is 3.51. The van der Waals surface area contributed by atoms with E-state index in [0.717, 1.165) is 0 Å². The Kier molecular flexibility index (Phi) is 4.92. The molecule has 0 saturated heterocycles. The van der Waals surface area contributed by atoms with Gasteiger partial charge >= 0.3 is 0 Å². The molecular weight excluding hydrogens is 283 g/mol. The summed E-state index contributed by atoms with van der Waals surface area (Å²) in [4.78, 5) is 15.9. The number of carbonyl (C=O) groups is 1. The molecule has 1 aromatic heterocycles. The fourth-order valence-corrected chi connectivity index (χ4v) is 2.10. The molecule has 1 atom stereocenters. The van der Waals surface area contributed by atoms with Gasteiger partial charge in [-0.3, -0.25) is 4.79 Å². The van der Waals surface area contributed by atoms with E-state index in [1.54, 1.807) is 36.0 Å². The maximum absolute atomic E-state index is 14.2. The number of nitrogens with one attached hydrogen (secondary N) is 1. The third-order valence-corrected chi connectivity index (χ3v) is 3.59. The fourth-order valence-electron chi connectivity index (χ4n) is 2.10. The van der Waals surface area contributed by atoms with E-state index in [1.807, 2.05) is 13.8 Å². The maximum atomic E-state index is 14.2. The van der Waals surface area contributed by atoms with E-state index in [0.29, 0.717) is 17.1 Å². The standard InChI is InChI=1S/C16H21FN4O/c1-10(2)15(18)16(22)20-9-12-4-5-14(13(17)8-12)21-7-6-19-11(21)3/h4-8,10,15H,9,18H2,1-3H3,(H,20,22)/t15-/m0/s1. The average molecular weight is 304 g/mol. The molecule has 2 aromatic rings. The van der Waals surface area contributed by atoms with Gasteiger partial charge in [-0.2, -0.15) is 0 Å². The molecule has 118 valence electrons. The van der Waals surface area contributed by atoms with Gasteiger partial charge in [0.25, 0.3) is 0 Å². The van der Waals surface area contributed by atoms with Crippen LogP contribution in [0.4, 0.5) is 4.39 Å². The molecule has 0 bridgehead atoms. The van der Waals surface area contributed by atoms with Crippen molar-refractivity contribution < 1.29 is 9.18 Å². The predicted molar refractivity (Wildman–Crippen MR) is 82.9 cm³/mol. The Balaban J connectivity index is 2.07. The van der Waals surface area contributed by atoms with Gasteiger partial charge in [-0.25, -0.2) is 9.37 Å². The first-order valence-corrected chi connectivity index (χ1v) is 7.22. The van der Waals surface area contributed by atoms with Gasteiger partial charge in [0.05, 0.1) is 11.7 Å². The van der Waals surface area contributed by atoms with Gasteiger partial charge in [-0.15, -0.1) is 0 Å². The Morgan fingerprint density at radius 1 is 1.45 bits per heavy atom. The van der Waals surface area contributed by atoms with Crippen LogP contribution in [0.25, 0.3) is 5.69 Å². The predicted octanol–water partition coefficient (Wildman–Crippen LogP) is 1.92. The Bertz CT molecular complexity index is 666. The zero-order valence-corrected chi connectivity index (χ0v) is 13.0. The van der Waals surface area contributed by atoms with Crippen molar-refractivity contribution in [3.8, 4) is 5.69 Å². The van der Waals surface area contributed by atoms with Gasteiger partial charge in [0.1, 0.15) is 11.6 Å². The van der Waals surface area contributed by atoms with Crippen LogP contribution in [0.3, 0.4) is 0 Å². The number of aryl methyl sites for hydroxylation is 1. The summed E-state index contributed by atoms with van der Waals surface area (Å²) in [5, 5.41) is 2.72. The molecule has 6 heteroatoms. The molecule has 22 heavy (non-hydrogen) atoms. The third-order valence-electron chi connectivity index (χ3n) is 3.59. The van der Waals surface area contributed by atoms with Crippen molar-refractivity contribution in [2.75, 3.05) is 0 Å². The highest BCUT2D eigenvalue weighted by Crippen LogP contribution is 2.16. The monoisotopic (exact) mass is 304 g/mol. The summed E-state index contributed by atoms with van der Waals surface area (Å²) in [5.41, 5.74) is 6.88. The van der Waals surface area contributed by atoms with Crippen molar-refractivity contribution in [1.82, 2.24) is 14.9 Å². The second kappa shape index (κ2) is 6.70. The lowest BCUT2D eigenvalue weighted by molar-refractivity contribution is -0.123. The molecule has 0 spiro atoms. The number of amides is 1. The number of hydrogen-bond acceptors (Lipinski definition) is 3. The molecule has 0 radical (unpaired) electrons. The Morgan fingerprint density at radius 3 is 2.73 bits per heavy atom. The van der Waals surface area contributed by atoms with Crippen LogP contribution in [-0.4, -0.2) is 21.5 Å². The van der Waals surface area contributed by atoms with E-state index >= 15 is 0 Å². The van der Waals surface area contributed by atoms with Crippen LogP contribution in [0.2, 0.25) is 0 Å². The van der Waals surface area contributed by atoms with Crippen molar-refractivity contribution >= 4 is 5.91 Å². The van der Waals surface area contributed by atoms with Crippen LogP contribution in [0.15, 0.2) is 30.6 Å². The fraction of sp³-hybridized carbons (Fsp3) is 0.375. The Morgan fingerprint density at radius 2 is 2.18 bits per heavy atom. The first-order chi connectivity index (χ1) is 10.4. The summed E-state index contributed by atoms with van der Waals surface area (Å²) in [5.74, 6) is 0.178. The number of benzene rings is 1. The molecule has 0 aliphatic carbocycles. The zero-order chi connectivity index (χ0) is 16.3. The van der Waals surface area contributed by atoms with E-state index in [9.17, 15) is 9.18 Å². The lowest BCUT2D eigenvalue weighted by atomic mass is 10.0. The molecule has 0 aliphatic heterocycles. The summed E-state index contributed by atoms with van der Waals surface area (Å²) in [6, 6.07) is 4.31. The van der Waals surface area contributed by atoms with Crippen LogP contribution in [0.5, 0.6) is 0 Å². The first-order valence-electron chi connectivity index (χ1n) is 7.22. The van der Waals surface area contributed by atoms with E-state index in [1.165, 1.54) is 6.07 Å². The Hall–Kier alpha value is -2.21. The molecule has 1 heterocycles. The van der Waals surface area contributed by atoms with E-state index in [4.69, 9.17) is 5.73 Å². The lowest BCUT2D eigenvalue weighted by Gasteiger charge is -2.15. The lowest BCUT2D eigenvalue weighted by Crippen LogP contribution is -2.43. The van der Waals surface area contributed by atoms with Gasteiger partial charge < -0.3 is 15.6 Å². The molecule has 0 aliphatic rings. The number of imidazole rings is 1. The minimum atomic E-state index is -0.558. The summed E-state index contributed by atoms with van der Waals surface area (Å²) in [6.45, 7) is 5.82. The molecule has 0 fully saturated rings. The number of hydrogen-bond donors (Lipinski definition) is 2. The van der Waals surface area contributed by atoms with Crippen molar-refractivity contribution in [3.05, 3.63) is 47.8 Å². The van der Waals surface area contributed by atoms with Crippen LogP contribution in [0, 0.1) is 18.7 Å². The second-order valence-corrected chi connectivity index (χ2v) is 5.62. The molecule has 5 nitrogen and oxygen atoms in total. The number of nitrogens with zero attached hydrogens (tertiary/aromatic N) is 2. The molecule has 0 unspecified atom stereocenters. The topological polar surface area (TPSA) is 72.9 Å². The normalized spacial score (nSPS) is 12.5. The highest BCUT2D eigenvalue weighted by atomic mass is 19.1. The van der Waals surface area contributed by atoms with Crippen molar-refractivity contribution in [2.45, 2.75) is 33.4 Å². The minimum absolute atomic E-state index is 0.0586. The van der Waals surface area contributed by atoms with Crippen LogP contribution in [0.1, 0.15) is 25.2 Å². The zero-order valence-electron chi connectivity index (χ0n) is 13.0. The molecule has 1 amide bonds. The van der Waals surface area contributed by atoms with Crippen LogP contribution < -0.4 is 11.1 Å². The first kappa shape index (κ1) is 16.2. The highest BCUT2D eigenvalue weighted by Gasteiger charge is 2.16. The van der Waals surface area contributed by atoms with E-state index < -0.39 is 6.04 Å². The summed E-state index contributed by atoms with van der Waals surface area (Å²) < 4.78 is 15.9. The van der Waals surface area contributed by atoms with E-state index in [2.05, 4.69) is 10.3 Å². The van der Waals surface area contributed by atoms with Gasteiger partial charge in [-0.1, -0.05) is 19.9 Å². The maximum Gasteiger partial charge on any atom is 0.237 e. The quantitative estimate of drug-likeness (QED) is 0.886. The summed E-state index contributed by atoms with van der Waals surface area (Å²) >= 11 is 0. The molecule has 1 aromatic carbocycles. The number of rotatable bonds is 5.